The van der Waals surface area contributed by atoms with E-state index in [9.17, 15) is 18.0 Å². The normalized spacial score (nSPS) is 12.3. The molecule has 39 heavy (non-hydrogen) atoms. The summed E-state index contributed by atoms with van der Waals surface area (Å²) in [6.45, 7) is 5.37. The molecule has 0 radical (unpaired) electrons. The highest BCUT2D eigenvalue weighted by Crippen LogP contribution is 2.22. The van der Waals surface area contributed by atoms with E-state index in [2.05, 4.69) is 5.32 Å². The van der Waals surface area contributed by atoms with E-state index >= 15 is 0 Å². The first-order valence-corrected chi connectivity index (χ1v) is 14.3. The largest absolute Gasteiger partial charge is 0.352 e. The molecule has 3 aromatic rings. The zero-order chi connectivity index (χ0) is 28.6. The molecule has 2 amide bonds. The Kier molecular flexibility index (Phi) is 10.3. The van der Waals surface area contributed by atoms with Gasteiger partial charge in [0.15, 0.2) is 0 Å². The Morgan fingerprint density at radius 3 is 1.97 bits per heavy atom. The molecule has 3 rings (SSSR count). The fraction of sp³-hybridized carbons (Fsp3) is 0.333. The zero-order valence-electron chi connectivity index (χ0n) is 23.2. The Balaban J connectivity index is 2.09. The van der Waals surface area contributed by atoms with Crippen LogP contribution in [0.3, 0.4) is 0 Å². The molecule has 3 aromatic carbocycles. The molecule has 0 fully saturated rings. The number of hydrogen-bond donors (Lipinski definition) is 1. The highest BCUT2D eigenvalue weighted by molar-refractivity contribution is 7.90. The predicted molar refractivity (Wildman–Crippen MR) is 155 cm³/mol. The fourth-order valence-electron chi connectivity index (χ4n) is 4.22. The Hall–Kier alpha value is -3.69. The SMILES string of the molecule is Cc1ccccc1CN(C(=O)CN(c1ccccc1)S(=O)(=O)N(C)C)[C@H](Cc1ccccc1)C(=O)NC(C)C. The molecule has 0 aliphatic rings. The number of carbonyl (C=O) groups excluding carboxylic acids is 2. The van der Waals surface area contributed by atoms with E-state index in [1.807, 2.05) is 75.4 Å². The van der Waals surface area contributed by atoms with Crippen LogP contribution in [0.2, 0.25) is 0 Å². The highest BCUT2D eigenvalue weighted by Gasteiger charge is 2.35. The van der Waals surface area contributed by atoms with Crippen LogP contribution in [0.1, 0.15) is 30.5 Å². The molecular weight excluding hydrogens is 512 g/mol. The van der Waals surface area contributed by atoms with Crippen LogP contribution in [0.25, 0.3) is 0 Å². The van der Waals surface area contributed by atoms with Gasteiger partial charge in [-0.05, 0) is 49.6 Å². The van der Waals surface area contributed by atoms with Crippen LogP contribution in [0.4, 0.5) is 5.69 Å². The van der Waals surface area contributed by atoms with Crippen molar-refractivity contribution in [3.05, 3.63) is 102 Å². The maximum atomic E-state index is 14.2. The number of carbonyl (C=O) groups is 2. The van der Waals surface area contributed by atoms with Crippen molar-refractivity contribution >= 4 is 27.7 Å². The van der Waals surface area contributed by atoms with Crippen molar-refractivity contribution in [3.63, 3.8) is 0 Å². The molecule has 0 heterocycles. The lowest BCUT2D eigenvalue weighted by Crippen LogP contribution is -2.55. The summed E-state index contributed by atoms with van der Waals surface area (Å²) >= 11 is 0. The summed E-state index contributed by atoms with van der Waals surface area (Å²) in [5, 5.41) is 2.96. The van der Waals surface area contributed by atoms with E-state index < -0.39 is 28.7 Å². The Morgan fingerprint density at radius 2 is 1.41 bits per heavy atom. The molecule has 0 aliphatic carbocycles. The van der Waals surface area contributed by atoms with Gasteiger partial charge in [0.05, 0.1) is 5.69 Å². The van der Waals surface area contributed by atoms with E-state index in [0.717, 1.165) is 25.3 Å². The first-order valence-electron chi connectivity index (χ1n) is 12.9. The van der Waals surface area contributed by atoms with Crippen molar-refractivity contribution in [2.75, 3.05) is 24.9 Å². The third-order valence-corrected chi connectivity index (χ3v) is 8.19. The number of hydrogen-bond acceptors (Lipinski definition) is 4. The van der Waals surface area contributed by atoms with Crippen LogP contribution in [0.5, 0.6) is 0 Å². The molecule has 1 N–H and O–H groups in total. The van der Waals surface area contributed by atoms with Crippen molar-refractivity contribution < 1.29 is 18.0 Å². The molecule has 1 atom stereocenters. The summed E-state index contributed by atoms with van der Waals surface area (Å²) in [4.78, 5) is 29.3. The Labute approximate surface area is 232 Å². The lowest BCUT2D eigenvalue weighted by atomic mass is 10.0. The monoisotopic (exact) mass is 550 g/mol. The minimum Gasteiger partial charge on any atom is -0.352 e. The molecule has 0 saturated heterocycles. The fourth-order valence-corrected chi connectivity index (χ4v) is 5.27. The summed E-state index contributed by atoms with van der Waals surface area (Å²) in [5.41, 5.74) is 3.10. The van der Waals surface area contributed by atoms with Gasteiger partial charge in [0, 0.05) is 33.1 Å². The number of rotatable bonds is 12. The zero-order valence-corrected chi connectivity index (χ0v) is 24.1. The van der Waals surface area contributed by atoms with E-state index in [1.54, 1.807) is 30.3 Å². The van der Waals surface area contributed by atoms with Crippen LogP contribution in [-0.4, -0.2) is 62.2 Å². The van der Waals surface area contributed by atoms with Crippen LogP contribution in [0.15, 0.2) is 84.9 Å². The maximum absolute atomic E-state index is 14.2. The highest BCUT2D eigenvalue weighted by atomic mass is 32.2. The van der Waals surface area contributed by atoms with Crippen molar-refractivity contribution in [1.29, 1.82) is 0 Å². The third kappa shape index (κ3) is 7.91. The molecule has 8 nitrogen and oxygen atoms in total. The second-order valence-corrected chi connectivity index (χ2v) is 12.0. The molecule has 0 bridgehead atoms. The number of anilines is 1. The Bertz CT molecular complexity index is 1350. The summed E-state index contributed by atoms with van der Waals surface area (Å²) in [7, 11) is -1.16. The standard InChI is InChI=1S/C30H38N4O4S/c1-23(2)31-30(36)28(20-25-15-8-6-9-16-25)33(21-26-17-13-12-14-24(26)3)29(35)22-34(39(37,38)32(4)5)27-18-10-7-11-19-27/h6-19,23,28H,20-22H2,1-5H3,(H,31,36)/t28-/m1/s1. The lowest BCUT2D eigenvalue weighted by molar-refractivity contribution is -0.140. The molecule has 0 unspecified atom stereocenters. The lowest BCUT2D eigenvalue weighted by Gasteiger charge is -2.35. The van der Waals surface area contributed by atoms with Crippen LogP contribution in [0, 0.1) is 6.92 Å². The van der Waals surface area contributed by atoms with Crippen molar-refractivity contribution in [2.24, 2.45) is 0 Å². The summed E-state index contributed by atoms with van der Waals surface area (Å²) < 4.78 is 28.8. The van der Waals surface area contributed by atoms with E-state index in [1.165, 1.54) is 19.0 Å². The second-order valence-electron chi connectivity index (χ2n) is 9.95. The van der Waals surface area contributed by atoms with Gasteiger partial charge in [-0.2, -0.15) is 12.7 Å². The number of para-hydroxylation sites is 1. The van der Waals surface area contributed by atoms with Gasteiger partial charge in [0.25, 0.3) is 0 Å². The van der Waals surface area contributed by atoms with Gasteiger partial charge in [-0.3, -0.25) is 9.59 Å². The predicted octanol–water partition coefficient (Wildman–Crippen LogP) is 3.77. The minimum atomic E-state index is -4.01. The molecule has 0 saturated carbocycles. The molecule has 0 aliphatic heterocycles. The van der Waals surface area contributed by atoms with Gasteiger partial charge in [-0.25, -0.2) is 4.31 Å². The first-order chi connectivity index (χ1) is 18.5. The second kappa shape index (κ2) is 13.4. The maximum Gasteiger partial charge on any atom is 0.304 e. The summed E-state index contributed by atoms with van der Waals surface area (Å²) in [6.07, 6.45) is 0.281. The van der Waals surface area contributed by atoms with E-state index in [4.69, 9.17) is 0 Å². The van der Waals surface area contributed by atoms with Crippen molar-refractivity contribution in [2.45, 2.75) is 45.8 Å². The smallest absolute Gasteiger partial charge is 0.304 e. The van der Waals surface area contributed by atoms with Gasteiger partial charge in [-0.1, -0.05) is 72.8 Å². The first kappa shape index (κ1) is 29.9. The van der Waals surface area contributed by atoms with Crippen molar-refractivity contribution in [1.82, 2.24) is 14.5 Å². The van der Waals surface area contributed by atoms with Gasteiger partial charge in [0.2, 0.25) is 11.8 Å². The van der Waals surface area contributed by atoms with Gasteiger partial charge in [-0.15, -0.1) is 0 Å². The van der Waals surface area contributed by atoms with Crippen LogP contribution >= 0.6 is 0 Å². The van der Waals surface area contributed by atoms with E-state index in [0.29, 0.717) is 5.69 Å². The molecule has 9 heteroatoms. The van der Waals surface area contributed by atoms with Crippen LogP contribution in [-0.2, 0) is 32.8 Å². The third-order valence-electron chi connectivity index (χ3n) is 6.37. The van der Waals surface area contributed by atoms with Gasteiger partial charge < -0.3 is 10.2 Å². The van der Waals surface area contributed by atoms with Gasteiger partial charge >= 0.3 is 10.2 Å². The average molecular weight is 551 g/mol. The van der Waals surface area contributed by atoms with Crippen LogP contribution < -0.4 is 9.62 Å². The molecule has 0 aromatic heterocycles. The average Bonchev–Trinajstić information content (AvgIpc) is 2.90. The summed E-state index contributed by atoms with van der Waals surface area (Å²) in [6, 6.07) is 24.7. The van der Waals surface area contributed by atoms with E-state index in [-0.39, 0.29) is 24.9 Å². The number of nitrogens with zero attached hydrogens (tertiary/aromatic N) is 3. The number of benzene rings is 3. The minimum absolute atomic E-state index is 0.138. The number of amides is 2. The summed E-state index contributed by atoms with van der Waals surface area (Å²) in [5.74, 6) is -0.773. The molecule has 208 valence electrons. The van der Waals surface area contributed by atoms with Crippen molar-refractivity contribution in [3.8, 4) is 0 Å². The molecular formula is C30H38N4O4S. The Morgan fingerprint density at radius 1 is 0.846 bits per heavy atom. The number of nitrogens with one attached hydrogen (secondary N) is 1. The topological polar surface area (TPSA) is 90.0 Å². The number of aryl methyl sites for hydroxylation is 1. The quantitative estimate of drug-likeness (QED) is 0.372. The molecule has 0 spiro atoms. The van der Waals surface area contributed by atoms with Gasteiger partial charge in [0.1, 0.15) is 12.6 Å².